The van der Waals surface area contributed by atoms with Gasteiger partial charge in [0, 0.05) is 5.92 Å². The zero-order chi connectivity index (χ0) is 12.3. The summed E-state index contributed by atoms with van der Waals surface area (Å²) in [5.74, 6) is 0.150. The van der Waals surface area contributed by atoms with E-state index in [4.69, 9.17) is 0 Å². The minimum absolute atomic E-state index is 0.00547. The third kappa shape index (κ3) is 3.22. The number of hydrogen-bond acceptors (Lipinski definition) is 3. The molecule has 1 amide bonds. The van der Waals surface area contributed by atoms with Crippen molar-refractivity contribution in [2.75, 3.05) is 7.11 Å². The Hall–Kier alpha value is -1.06. The summed E-state index contributed by atoms with van der Waals surface area (Å²) < 4.78 is 4.68. The highest BCUT2D eigenvalue weighted by molar-refractivity contribution is 5.86. The third-order valence-electron chi connectivity index (χ3n) is 3.16. The van der Waals surface area contributed by atoms with E-state index in [1.54, 1.807) is 0 Å². The summed E-state index contributed by atoms with van der Waals surface area (Å²) in [6.45, 7) is 5.70. The molecule has 4 nitrogen and oxygen atoms in total. The van der Waals surface area contributed by atoms with Gasteiger partial charge in [-0.3, -0.25) is 4.79 Å². The molecule has 1 fully saturated rings. The Morgan fingerprint density at radius 3 is 2.19 bits per heavy atom. The number of esters is 1. The molecule has 2 atom stereocenters. The average molecular weight is 227 g/mol. The first-order chi connectivity index (χ1) is 7.47. The predicted molar refractivity (Wildman–Crippen MR) is 60.7 cm³/mol. The first-order valence-corrected chi connectivity index (χ1v) is 5.85. The van der Waals surface area contributed by atoms with Gasteiger partial charge in [0.2, 0.25) is 5.91 Å². The SMILES string of the molecule is COC(=O)C(NC(=O)C(C)C1CC1)C(C)C. The van der Waals surface area contributed by atoms with Gasteiger partial charge in [0.1, 0.15) is 6.04 Å². The first kappa shape index (κ1) is 13.0. The van der Waals surface area contributed by atoms with Crippen molar-refractivity contribution in [1.82, 2.24) is 5.32 Å². The van der Waals surface area contributed by atoms with Gasteiger partial charge in [-0.15, -0.1) is 0 Å². The molecule has 4 heteroatoms. The van der Waals surface area contributed by atoms with E-state index in [1.807, 2.05) is 20.8 Å². The van der Waals surface area contributed by atoms with E-state index in [1.165, 1.54) is 7.11 Å². The fourth-order valence-corrected chi connectivity index (χ4v) is 1.72. The van der Waals surface area contributed by atoms with Crippen molar-refractivity contribution in [3.63, 3.8) is 0 Å². The Morgan fingerprint density at radius 2 is 1.81 bits per heavy atom. The van der Waals surface area contributed by atoms with Crippen molar-refractivity contribution in [3.05, 3.63) is 0 Å². The van der Waals surface area contributed by atoms with Gasteiger partial charge < -0.3 is 10.1 Å². The molecule has 0 aromatic rings. The Bertz CT molecular complexity index is 271. The lowest BCUT2D eigenvalue weighted by Gasteiger charge is -2.21. The maximum atomic E-state index is 11.8. The Morgan fingerprint density at radius 1 is 1.25 bits per heavy atom. The minimum atomic E-state index is -0.529. The first-order valence-electron chi connectivity index (χ1n) is 5.85. The van der Waals surface area contributed by atoms with Crippen molar-refractivity contribution in [2.45, 2.75) is 39.7 Å². The molecule has 2 unspecified atom stereocenters. The Labute approximate surface area is 96.7 Å². The molecular formula is C12H21NO3. The average Bonchev–Trinajstić information content (AvgIpc) is 3.06. The highest BCUT2D eigenvalue weighted by atomic mass is 16.5. The van der Waals surface area contributed by atoms with Gasteiger partial charge in [-0.05, 0) is 24.7 Å². The van der Waals surface area contributed by atoms with Crippen LogP contribution in [0.25, 0.3) is 0 Å². The molecule has 0 aromatic heterocycles. The summed E-state index contributed by atoms with van der Waals surface area (Å²) >= 11 is 0. The summed E-state index contributed by atoms with van der Waals surface area (Å²) in [5.41, 5.74) is 0. The van der Waals surface area contributed by atoms with E-state index in [9.17, 15) is 9.59 Å². The van der Waals surface area contributed by atoms with Gasteiger partial charge in [0.15, 0.2) is 0 Å². The standard InChI is InChI=1S/C12H21NO3/c1-7(2)10(12(15)16-4)13-11(14)8(3)9-5-6-9/h7-10H,5-6H2,1-4H3,(H,13,14). The van der Waals surface area contributed by atoms with E-state index >= 15 is 0 Å². The normalized spacial score (nSPS) is 19.1. The van der Waals surface area contributed by atoms with Gasteiger partial charge in [-0.25, -0.2) is 4.79 Å². The number of amides is 1. The second kappa shape index (κ2) is 5.32. The van der Waals surface area contributed by atoms with Crippen LogP contribution in [0.3, 0.4) is 0 Å². The van der Waals surface area contributed by atoms with E-state index in [0.717, 1.165) is 12.8 Å². The van der Waals surface area contributed by atoms with Crippen molar-refractivity contribution >= 4 is 11.9 Å². The molecule has 0 heterocycles. The number of carbonyl (C=O) groups excluding carboxylic acids is 2. The molecule has 1 N–H and O–H groups in total. The summed E-state index contributed by atoms with van der Waals surface area (Å²) in [5, 5.41) is 2.77. The highest BCUT2D eigenvalue weighted by Crippen LogP contribution is 2.36. The molecule has 1 aliphatic rings. The fourth-order valence-electron chi connectivity index (χ4n) is 1.72. The highest BCUT2D eigenvalue weighted by Gasteiger charge is 2.35. The molecule has 1 rings (SSSR count). The number of nitrogens with one attached hydrogen (secondary N) is 1. The Balaban J connectivity index is 2.53. The molecule has 1 aliphatic carbocycles. The number of ether oxygens (including phenoxy) is 1. The quantitative estimate of drug-likeness (QED) is 0.721. The van der Waals surface area contributed by atoms with Crippen LogP contribution in [0, 0.1) is 17.8 Å². The summed E-state index contributed by atoms with van der Waals surface area (Å²) in [6.07, 6.45) is 2.25. The van der Waals surface area contributed by atoms with Gasteiger partial charge in [0.25, 0.3) is 0 Å². The minimum Gasteiger partial charge on any atom is -0.467 e. The van der Waals surface area contributed by atoms with E-state index < -0.39 is 6.04 Å². The molecule has 0 bridgehead atoms. The maximum absolute atomic E-state index is 11.8. The van der Waals surface area contributed by atoms with Crippen LogP contribution in [0.2, 0.25) is 0 Å². The summed E-state index contributed by atoms with van der Waals surface area (Å²) in [7, 11) is 1.34. The summed E-state index contributed by atoms with van der Waals surface area (Å²) in [4.78, 5) is 23.3. The van der Waals surface area contributed by atoms with E-state index in [2.05, 4.69) is 10.1 Å². The van der Waals surface area contributed by atoms with Crippen molar-refractivity contribution in [3.8, 4) is 0 Å². The predicted octanol–water partition coefficient (Wildman–Crippen LogP) is 1.35. The van der Waals surface area contributed by atoms with Crippen LogP contribution < -0.4 is 5.32 Å². The van der Waals surface area contributed by atoms with Crippen molar-refractivity contribution in [2.24, 2.45) is 17.8 Å². The number of carbonyl (C=O) groups is 2. The molecular weight excluding hydrogens is 206 g/mol. The topological polar surface area (TPSA) is 55.4 Å². The number of rotatable bonds is 5. The lowest BCUT2D eigenvalue weighted by Crippen LogP contribution is -2.47. The lowest BCUT2D eigenvalue weighted by molar-refractivity contribution is -0.146. The van der Waals surface area contributed by atoms with Gasteiger partial charge in [0.05, 0.1) is 7.11 Å². The van der Waals surface area contributed by atoms with Crippen LogP contribution in [-0.2, 0) is 14.3 Å². The van der Waals surface area contributed by atoms with Crippen LogP contribution in [0.5, 0.6) is 0 Å². The summed E-state index contributed by atoms with van der Waals surface area (Å²) in [6, 6.07) is -0.529. The van der Waals surface area contributed by atoms with Crippen molar-refractivity contribution in [1.29, 1.82) is 0 Å². The van der Waals surface area contributed by atoms with Gasteiger partial charge >= 0.3 is 5.97 Å². The van der Waals surface area contributed by atoms with E-state index in [0.29, 0.717) is 5.92 Å². The molecule has 0 aliphatic heterocycles. The zero-order valence-corrected chi connectivity index (χ0v) is 10.4. The van der Waals surface area contributed by atoms with Crippen LogP contribution in [0.15, 0.2) is 0 Å². The molecule has 1 saturated carbocycles. The molecule has 0 spiro atoms. The molecule has 0 saturated heterocycles. The largest absolute Gasteiger partial charge is 0.467 e. The second-order valence-electron chi connectivity index (χ2n) is 4.88. The third-order valence-corrected chi connectivity index (χ3v) is 3.16. The number of hydrogen-bond donors (Lipinski definition) is 1. The lowest BCUT2D eigenvalue weighted by atomic mass is 10.0. The second-order valence-corrected chi connectivity index (χ2v) is 4.88. The van der Waals surface area contributed by atoms with E-state index in [-0.39, 0.29) is 23.7 Å². The smallest absolute Gasteiger partial charge is 0.328 e. The zero-order valence-electron chi connectivity index (χ0n) is 10.4. The van der Waals surface area contributed by atoms with Crippen LogP contribution in [-0.4, -0.2) is 25.0 Å². The maximum Gasteiger partial charge on any atom is 0.328 e. The monoisotopic (exact) mass is 227 g/mol. The number of methoxy groups -OCH3 is 1. The van der Waals surface area contributed by atoms with Gasteiger partial charge in [-0.2, -0.15) is 0 Å². The Kier molecular flexibility index (Phi) is 4.33. The molecule has 16 heavy (non-hydrogen) atoms. The van der Waals surface area contributed by atoms with Crippen molar-refractivity contribution < 1.29 is 14.3 Å². The van der Waals surface area contributed by atoms with Crippen LogP contribution >= 0.6 is 0 Å². The molecule has 92 valence electrons. The van der Waals surface area contributed by atoms with Crippen LogP contribution in [0.4, 0.5) is 0 Å². The molecule has 0 aromatic carbocycles. The fraction of sp³-hybridized carbons (Fsp3) is 0.833. The van der Waals surface area contributed by atoms with Gasteiger partial charge in [-0.1, -0.05) is 20.8 Å². The van der Waals surface area contributed by atoms with Crippen LogP contribution in [0.1, 0.15) is 33.6 Å². The molecule has 0 radical (unpaired) electrons.